The number of rotatable bonds is 8. The van der Waals surface area contributed by atoms with E-state index in [4.69, 9.17) is 0 Å². The second kappa shape index (κ2) is 9.46. The molecule has 0 fully saturated rings. The summed E-state index contributed by atoms with van der Waals surface area (Å²) in [6, 6.07) is 13.3. The maximum Gasteiger partial charge on any atom is 0.267 e. The third kappa shape index (κ3) is 4.09. The van der Waals surface area contributed by atoms with Crippen molar-refractivity contribution in [2.45, 2.75) is 19.0 Å². The second-order valence-corrected chi connectivity index (χ2v) is 8.62. The van der Waals surface area contributed by atoms with E-state index in [1.54, 1.807) is 27.7 Å². The Balaban J connectivity index is 1.87. The third-order valence-electron chi connectivity index (χ3n) is 5.43. The van der Waals surface area contributed by atoms with Gasteiger partial charge in [-0.1, -0.05) is 54.2 Å². The minimum absolute atomic E-state index is 0.0519. The van der Waals surface area contributed by atoms with Crippen molar-refractivity contribution < 1.29 is 4.79 Å². The summed E-state index contributed by atoms with van der Waals surface area (Å²) in [6.07, 6.45) is 3.38. The first-order valence-electron chi connectivity index (χ1n) is 10.6. The zero-order valence-electron chi connectivity index (χ0n) is 18.7. The Bertz CT molecular complexity index is 1410. The van der Waals surface area contributed by atoms with Gasteiger partial charge in [-0.05, 0) is 37.1 Å². The number of benzene rings is 2. The molecule has 2 heterocycles. The predicted octanol–water partition coefficient (Wildman–Crippen LogP) is 3.94. The standard InChI is InChI=1S/C25H25N5O2S/c1-5-14-28(15-6-2)21(31)16-33-25-27-26-24-29(25)20-13-8-7-12-19(20)23(32)30(24)22-17(3)10-9-11-18(22)4/h5-13H,1-2,14-16H2,3-4H3. The van der Waals surface area contributed by atoms with Crippen LogP contribution in [-0.2, 0) is 4.79 Å². The molecule has 4 rings (SSSR count). The van der Waals surface area contributed by atoms with Crippen LogP contribution in [-0.4, -0.2) is 48.8 Å². The molecule has 0 radical (unpaired) electrons. The van der Waals surface area contributed by atoms with Crippen LogP contribution in [0.15, 0.2) is 77.7 Å². The van der Waals surface area contributed by atoms with Crippen molar-refractivity contribution in [3.05, 3.63) is 89.3 Å². The summed E-state index contributed by atoms with van der Waals surface area (Å²) < 4.78 is 3.47. The van der Waals surface area contributed by atoms with Crippen molar-refractivity contribution >= 4 is 34.3 Å². The largest absolute Gasteiger partial charge is 0.335 e. The molecule has 0 aliphatic rings. The molecule has 4 aromatic rings. The smallest absolute Gasteiger partial charge is 0.267 e. The zero-order chi connectivity index (χ0) is 23.5. The van der Waals surface area contributed by atoms with E-state index in [1.165, 1.54) is 11.8 Å². The molecule has 0 aliphatic heterocycles. The number of hydrogen-bond acceptors (Lipinski definition) is 5. The van der Waals surface area contributed by atoms with E-state index in [-0.39, 0.29) is 17.2 Å². The average molecular weight is 460 g/mol. The van der Waals surface area contributed by atoms with E-state index in [1.807, 2.05) is 54.6 Å². The Labute approximate surface area is 196 Å². The van der Waals surface area contributed by atoms with E-state index in [2.05, 4.69) is 23.4 Å². The normalized spacial score (nSPS) is 11.1. The van der Waals surface area contributed by atoms with E-state index < -0.39 is 0 Å². The predicted molar refractivity (Wildman–Crippen MR) is 133 cm³/mol. The van der Waals surface area contributed by atoms with Gasteiger partial charge in [0.05, 0.1) is 22.3 Å². The van der Waals surface area contributed by atoms with Gasteiger partial charge < -0.3 is 4.90 Å². The molecule has 0 atom stereocenters. The van der Waals surface area contributed by atoms with Gasteiger partial charge in [-0.2, -0.15) is 0 Å². The van der Waals surface area contributed by atoms with Crippen LogP contribution in [0.1, 0.15) is 11.1 Å². The van der Waals surface area contributed by atoms with Gasteiger partial charge in [0, 0.05) is 13.1 Å². The highest BCUT2D eigenvalue weighted by Gasteiger charge is 2.21. The van der Waals surface area contributed by atoms with Crippen LogP contribution < -0.4 is 5.56 Å². The highest BCUT2D eigenvalue weighted by Crippen LogP contribution is 2.25. The summed E-state index contributed by atoms with van der Waals surface area (Å²) >= 11 is 1.29. The quantitative estimate of drug-likeness (QED) is 0.295. The summed E-state index contributed by atoms with van der Waals surface area (Å²) in [7, 11) is 0. The minimum Gasteiger partial charge on any atom is -0.335 e. The lowest BCUT2D eigenvalue weighted by Crippen LogP contribution is -2.32. The third-order valence-corrected chi connectivity index (χ3v) is 6.35. The Morgan fingerprint density at radius 1 is 1.03 bits per heavy atom. The summed E-state index contributed by atoms with van der Waals surface area (Å²) in [4.78, 5) is 28.0. The van der Waals surface area contributed by atoms with Crippen LogP contribution in [0, 0.1) is 13.8 Å². The van der Waals surface area contributed by atoms with Gasteiger partial charge in [0.2, 0.25) is 11.7 Å². The van der Waals surface area contributed by atoms with Gasteiger partial charge in [0.1, 0.15) is 0 Å². The average Bonchev–Trinajstić information content (AvgIpc) is 3.23. The lowest BCUT2D eigenvalue weighted by Gasteiger charge is -2.18. The maximum absolute atomic E-state index is 13.6. The molecule has 0 saturated carbocycles. The van der Waals surface area contributed by atoms with Crippen molar-refractivity contribution in [1.29, 1.82) is 0 Å². The van der Waals surface area contributed by atoms with Crippen LogP contribution >= 0.6 is 11.8 Å². The Hall–Kier alpha value is -3.65. The monoisotopic (exact) mass is 459 g/mol. The maximum atomic E-state index is 13.6. The van der Waals surface area contributed by atoms with Gasteiger partial charge in [-0.15, -0.1) is 23.4 Å². The van der Waals surface area contributed by atoms with Gasteiger partial charge in [0.15, 0.2) is 5.16 Å². The fraction of sp³-hybridized carbons (Fsp3) is 0.200. The Morgan fingerprint density at radius 3 is 2.36 bits per heavy atom. The van der Waals surface area contributed by atoms with Gasteiger partial charge in [-0.3, -0.25) is 14.0 Å². The van der Waals surface area contributed by atoms with Crippen molar-refractivity contribution in [3.8, 4) is 5.69 Å². The molecular weight excluding hydrogens is 434 g/mol. The van der Waals surface area contributed by atoms with Crippen LogP contribution in [0.2, 0.25) is 0 Å². The molecule has 7 nitrogen and oxygen atoms in total. The number of fused-ring (bicyclic) bond motifs is 3. The number of para-hydroxylation sites is 2. The van der Waals surface area contributed by atoms with E-state index in [0.717, 1.165) is 16.8 Å². The fourth-order valence-electron chi connectivity index (χ4n) is 3.94. The molecule has 0 spiro atoms. The molecule has 168 valence electrons. The second-order valence-electron chi connectivity index (χ2n) is 7.68. The van der Waals surface area contributed by atoms with Gasteiger partial charge >= 0.3 is 0 Å². The van der Waals surface area contributed by atoms with E-state index in [0.29, 0.717) is 34.9 Å². The number of carbonyl (C=O) groups excluding carboxylic acids is 1. The molecule has 2 aromatic carbocycles. The molecule has 0 unspecified atom stereocenters. The number of nitrogens with zero attached hydrogens (tertiary/aromatic N) is 5. The zero-order valence-corrected chi connectivity index (χ0v) is 19.5. The van der Waals surface area contributed by atoms with E-state index in [9.17, 15) is 9.59 Å². The van der Waals surface area contributed by atoms with Crippen LogP contribution in [0.4, 0.5) is 0 Å². The Morgan fingerprint density at radius 2 is 1.70 bits per heavy atom. The molecular formula is C25H25N5O2S. The number of aryl methyl sites for hydroxylation is 2. The lowest BCUT2D eigenvalue weighted by atomic mass is 10.1. The first kappa shape index (κ1) is 22.5. The van der Waals surface area contributed by atoms with Crippen molar-refractivity contribution in [2.75, 3.05) is 18.8 Å². The minimum atomic E-state index is -0.154. The molecule has 0 aliphatic carbocycles. The number of hydrogen-bond donors (Lipinski definition) is 0. The van der Waals surface area contributed by atoms with Crippen LogP contribution in [0.25, 0.3) is 22.4 Å². The molecule has 0 bridgehead atoms. The molecule has 33 heavy (non-hydrogen) atoms. The SMILES string of the molecule is C=CCN(CC=C)C(=O)CSc1nnc2n(-c3c(C)cccc3C)c(=O)c3ccccc3n12. The number of carbonyl (C=O) groups is 1. The number of amides is 1. The molecule has 0 saturated heterocycles. The van der Waals surface area contributed by atoms with Crippen molar-refractivity contribution in [3.63, 3.8) is 0 Å². The van der Waals surface area contributed by atoms with Crippen LogP contribution in [0.3, 0.4) is 0 Å². The summed E-state index contributed by atoms with van der Waals surface area (Å²) in [5, 5.41) is 9.85. The molecule has 2 aromatic heterocycles. The fourth-order valence-corrected chi connectivity index (χ4v) is 4.78. The first-order chi connectivity index (χ1) is 16.0. The van der Waals surface area contributed by atoms with E-state index >= 15 is 0 Å². The summed E-state index contributed by atoms with van der Waals surface area (Å²) in [5.74, 6) is 0.545. The highest BCUT2D eigenvalue weighted by atomic mass is 32.2. The number of thioether (sulfide) groups is 1. The van der Waals surface area contributed by atoms with Crippen LogP contribution in [0.5, 0.6) is 0 Å². The van der Waals surface area contributed by atoms with Crippen molar-refractivity contribution in [2.24, 2.45) is 0 Å². The Kier molecular flexibility index (Phi) is 6.46. The van der Waals surface area contributed by atoms with Gasteiger partial charge in [-0.25, -0.2) is 4.57 Å². The first-order valence-corrected chi connectivity index (χ1v) is 11.5. The lowest BCUT2D eigenvalue weighted by molar-refractivity contribution is -0.127. The number of aromatic nitrogens is 4. The molecule has 8 heteroatoms. The molecule has 0 N–H and O–H groups in total. The summed E-state index contributed by atoms with van der Waals surface area (Å²) in [5.41, 5.74) is 3.27. The topological polar surface area (TPSA) is 72.5 Å². The van der Waals surface area contributed by atoms with Crippen molar-refractivity contribution in [1.82, 2.24) is 24.1 Å². The van der Waals surface area contributed by atoms with Gasteiger partial charge in [0.25, 0.3) is 5.56 Å². The highest BCUT2D eigenvalue weighted by molar-refractivity contribution is 7.99. The summed E-state index contributed by atoms with van der Waals surface area (Å²) in [6.45, 7) is 12.3. The molecule has 1 amide bonds.